The summed E-state index contributed by atoms with van der Waals surface area (Å²) in [5.74, 6) is -0.400. The number of rotatable bonds is 14. The van der Waals surface area contributed by atoms with Gasteiger partial charge in [0, 0.05) is 55.1 Å². The SMILES string of the molecule is CCCCN(CCCC)C(=O)CN1C[C@H](c2cc(OC)c3c(c2)OCO3)[C@@H](C(=O)O)[C@@H]1CCn1cc2ccccc2c1O. The molecule has 0 radical (unpaired) electrons. The number of amides is 1. The van der Waals surface area contributed by atoms with E-state index in [2.05, 4.69) is 13.8 Å². The topological polar surface area (TPSA) is 114 Å². The van der Waals surface area contributed by atoms with Gasteiger partial charge in [0.2, 0.25) is 18.4 Å². The van der Waals surface area contributed by atoms with Gasteiger partial charge in [0.25, 0.3) is 0 Å². The van der Waals surface area contributed by atoms with E-state index in [1.165, 1.54) is 0 Å². The molecule has 1 saturated heterocycles. The van der Waals surface area contributed by atoms with Crippen molar-refractivity contribution in [2.45, 2.75) is 64.5 Å². The minimum atomic E-state index is -0.919. The molecular weight excluding hydrogens is 550 g/mol. The lowest BCUT2D eigenvalue weighted by Gasteiger charge is -2.30. The third kappa shape index (κ3) is 6.39. The first-order valence-electron chi connectivity index (χ1n) is 15.3. The largest absolute Gasteiger partial charge is 0.494 e. The van der Waals surface area contributed by atoms with E-state index >= 15 is 0 Å². The standard InChI is InChI=1S/C33H43N3O7/c1-4-6-13-34(14-7-5-2)29(37)20-36-19-25(23-16-27(41-3)31-28(17-23)42-21-43-31)30(33(39)40)26(36)12-15-35-18-22-10-8-9-11-24(22)32(35)38/h8-11,16-18,25-26,30,38H,4-7,12-15,19-21H2,1-3H3,(H,39,40)/t25-,26+,30-/m1/s1. The monoisotopic (exact) mass is 593 g/mol. The Hall–Kier alpha value is -3.92. The summed E-state index contributed by atoms with van der Waals surface area (Å²) in [7, 11) is 1.55. The van der Waals surface area contributed by atoms with Gasteiger partial charge in [-0.1, -0.05) is 44.9 Å². The molecule has 0 saturated carbocycles. The lowest BCUT2D eigenvalue weighted by Crippen LogP contribution is -2.45. The van der Waals surface area contributed by atoms with Gasteiger partial charge in [-0.2, -0.15) is 0 Å². The van der Waals surface area contributed by atoms with E-state index in [0.29, 0.717) is 49.8 Å². The second-order valence-corrected chi connectivity index (χ2v) is 11.5. The first-order valence-corrected chi connectivity index (χ1v) is 15.3. The van der Waals surface area contributed by atoms with Crippen molar-refractivity contribution in [2.24, 2.45) is 5.92 Å². The van der Waals surface area contributed by atoms with Gasteiger partial charge in [0.15, 0.2) is 17.4 Å². The van der Waals surface area contributed by atoms with Crippen LogP contribution in [0.15, 0.2) is 42.6 Å². The minimum absolute atomic E-state index is 0.0227. The van der Waals surface area contributed by atoms with Gasteiger partial charge >= 0.3 is 5.97 Å². The lowest BCUT2D eigenvalue weighted by molar-refractivity contribution is -0.144. The van der Waals surface area contributed by atoms with E-state index in [4.69, 9.17) is 14.2 Å². The van der Waals surface area contributed by atoms with E-state index in [1.54, 1.807) is 11.7 Å². The molecule has 3 atom stereocenters. The van der Waals surface area contributed by atoms with Crippen molar-refractivity contribution < 1.29 is 34.0 Å². The van der Waals surface area contributed by atoms with E-state index in [-0.39, 0.29) is 25.1 Å². The number of hydrogen-bond acceptors (Lipinski definition) is 7. The van der Waals surface area contributed by atoms with Crippen LogP contribution in [0.1, 0.15) is 57.4 Å². The molecule has 3 aromatic rings. The lowest BCUT2D eigenvalue weighted by atomic mass is 9.84. The smallest absolute Gasteiger partial charge is 0.308 e. The Bertz CT molecular complexity index is 1430. The summed E-state index contributed by atoms with van der Waals surface area (Å²) in [6.45, 7) is 6.63. The fourth-order valence-electron chi connectivity index (χ4n) is 6.53. The molecule has 10 nitrogen and oxygen atoms in total. The molecule has 2 N–H and O–H groups in total. The van der Waals surface area contributed by atoms with E-state index in [0.717, 1.165) is 42.0 Å². The van der Waals surface area contributed by atoms with E-state index in [1.807, 2.05) is 52.4 Å². The van der Waals surface area contributed by atoms with Crippen molar-refractivity contribution in [3.8, 4) is 23.1 Å². The molecule has 1 fully saturated rings. The molecule has 43 heavy (non-hydrogen) atoms. The molecule has 1 amide bonds. The zero-order valence-electron chi connectivity index (χ0n) is 25.3. The number of likely N-dealkylation sites (tertiary alicyclic amines) is 1. The van der Waals surface area contributed by atoms with Crippen LogP contribution in [-0.4, -0.2) is 82.6 Å². The fraction of sp³-hybridized carbons (Fsp3) is 0.515. The third-order valence-corrected chi connectivity index (χ3v) is 8.83. The number of fused-ring (bicyclic) bond motifs is 2. The first-order chi connectivity index (χ1) is 20.9. The number of nitrogens with zero attached hydrogens (tertiary/aromatic N) is 3. The minimum Gasteiger partial charge on any atom is -0.494 e. The molecule has 0 spiro atoms. The van der Waals surface area contributed by atoms with Crippen molar-refractivity contribution in [2.75, 3.05) is 40.1 Å². The highest BCUT2D eigenvalue weighted by molar-refractivity contribution is 5.87. The Kier molecular flexibility index (Phi) is 9.65. The Morgan fingerprint density at radius 2 is 1.84 bits per heavy atom. The van der Waals surface area contributed by atoms with Crippen LogP contribution in [0.5, 0.6) is 23.1 Å². The number of benzene rings is 2. The average molecular weight is 594 g/mol. The molecule has 0 bridgehead atoms. The maximum Gasteiger partial charge on any atom is 0.308 e. The highest BCUT2D eigenvalue weighted by Crippen LogP contribution is 2.47. The van der Waals surface area contributed by atoms with Gasteiger partial charge in [-0.25, -0.2) is 0 Å². The summed E-state index contributed by atoms with van der Waals surface area (Å²) >= 11 is 0. The van der Waals surface area contributed by atoms with Gasteiger partial charge in [-0.15, -0.1) is 0 Å². The van der Waals surface area contributed by atoms with Crippen LogP contribution in [0.25, 0.3) is 10.8 Å². The van der Waals surface area contributed by atoms with Gasteiger partial charge in [0.1, 0.15) is 0 Å². The zero-order valence-corrected chi connectivity index (χ0v) is 25.3. The highest BCUT2D eigenvalue weighted by atomic mass is 16.7. The number of carboxylic acid groups (broad SMARTS) is 1. The number of aromatic hydroxyl groups is 1. The summed E-state index contributed by atoms with van der Waals surface area (Å²) in [4.78, 5) is 30.7. The van der Waals surface area contributed by atoms with Crippen LogP contribution in [-0.2, 0) is 16.1 Å². The number of carbonyl (C=O) groups is 2. The number of carbonyl (C=O) groups excluding carboxylic acids is 1. The van der Waals surface area contributed by atoms with Gasteiger partial charge in [-0.3, -0.25) is 14.5 Å². The summed E-state index contributed by atoms with van der Waals surface area (Å²) < 4.78 is 18.6. The van der Waals surface area contributed by atoms with Crippen molar-refractivity contribution in [1.82, 2.24) is 14.4 Å². The Morgan fingerprint density at radius 3 is 2.51 bits per heavy atom. The van der Waals surface area contributed by atoms with Crippen LogP contribution in [0.2, 0.25) is 0 Å². The van der Waals surface area contributed by atoms with E-state index in [9.17, 15) is 19.8 Å². The quantitative estimate of drug-likeness (QED) is 0.266. The summed E-state index contributed by atoms with van der Waals surface area (Å²) in [5, 5.41) is 23.2. The number of hydrogen-bond donors (Lipinski definition) is 2. The van der Waals surface area contributed by atoms with Gasteiger partial charge < -0.3 is 33.9 Å². The average Bonchev–Trinajstić information content (AvgIpc) is 3.71. The normalized spacial score (nSPS) is 19.7. The van der Waals surface area contributed by atoms with Crippen molar-refractivity contribution >= 4 is 22.6 Å². The highest BCUT2D eigenvalue weighted by Gasteiger charge is 2.47. The van der Waals surface area contributed by atoms with E-state index < -0.39 is 23.8 Å². The molecule has 2 aliphatic rings. The first kappa shape index (κ1) is 30.5. The number of methoxy groups -OCH3 is 1. The summed E-state index contributed by atoms with van der Waals surface area (Å²) in [6.07, 6.45) is 6.18. The Balaban J connectivity index is 1.46. The van der Waals surface area contributed by atoms with Crippen molar-refractivity contribution in [1.29, 1.82) is 0 Å². The molecule has 0 unspecified atom stereocenters. The van der Waals surface area contributed by atoms with Crippen LogP contribution >= 0.6 is 0 Å². The number of carboxylic acids is 1. The van der Waals surface area contributed by atoms with Gasteiger partial charge in [-0.05, 0) is 43.0 Å². The predicted molar refractivity (Wildman–Crippen MR) is 163 cm³/mol. The number of aliphatic carboxylic acids is 1. The second kappa shape index (κ2) is 13.6. The molecule has 0 aliphatic carbocycles. The summed E-state index contributed by atoms with van der Waals surface area (Å²) in [5.41, 5.74) is 0.775. The molecule has 1 aromatic heterocycles. The van der Waals surface area contributed by atoms with Crippen molar-refractivity contribution in [3.05, 3.63) is 48.2 Å². The van der Waals surface area contributed by atoms with Gasteiger partial charge in [0.05, 0.1) is 19.6 Å². The molecule has 2 aromatic carbocycles. The number of aryl methyl sites for hydroxylation is 1. The molecule has 10 heteroatoms. The zero-order chi connectivity index (χ0) is 30.5. The maximum atomic E-state index is 13.7. The second-order valence-electron chi connectivity index (χ2n) is 11.5. The molecule has 3 heterocycles. The number of unbranched alkanes of at least 4 members (excludes halogenated alkanes) is 2. The maximum absolute atomic E-state index is 13.7. The van der Waals surface area contributed by atoms with Crippen LogP contribution in [0.3, 0.4) is 0 Å². The summed E-state index contributed by atoms with van der Waals surface area (Å²) in [6, 6.07) is 10.8. The van der Waals surface area contributed by atoms with Crippen LogP contribution in [0, 0.1) is 5.92 Å². The predicted octanol–water partition coefficient (Wildman–Crippen LogP) is 5.07. The number of ether oxygens (including phenoxy) is 3. The fourth-order valence-corrected chi connectivity index (χ4v) is 6.53. The molecule has 5 rings (SSSR count). The Morgan fingerprint density at radius 1 is 1.09 bits per heavy atom. The Labute approximate surface area is 252 Å². The van der Waals surface area contributed by atoms with Crippen LogP contribution in [0.4, 0.5) is 0 Å². The third-order valence-electron chi connectivity index (χ3n) is 8.83. The molecular formula is C33H43N3O7. The van der Waals surface area contributed by atoms with Crippen molar-refractivity contribution in [3.63, 3.8) is 0 Å². The number of aromatic nitrogens is 1. The molecule has 2 aliphatic heterocycles. The molecule has 232 valence electrons. The van der Waals surface area contributed by atoms with Crippen LogP contribution < -0.4 is 14.2 Å².